The van der Waals surface area contributed by atoms with Crippen molar-refractivity contribution in [3.8, 4) is 24.0 Å². The first-order valence-corrected chi connectivity index (χ1v) is 8.73. The molecular weight excluding hydrogens is 312 g/mol. The Morgan fingerprint density at radius 3 is 2.20 bits per heavy atom. The smallest absolute Gasteiger partial charge is 0.146 e. The summed E-state index contributed by atoms with van der Waals surface area (Å²) in [7, 11) is 0. The van der Waals surface area contributed by atoms with Gasteiger partial charge in [0.25, 0.3) is 0 Å². The molecule has 25 heavy (non-hydrogen) atoms. The summed E-state index contributed by atoms with van der Waals surface area (Å²) in [5, 5.41) is 2.14. The van der Waals surface area contributed by atoms with Gasteiger partial charge < -0.3 is 13.9 Å². The van der Waals surface area contributed by atoms with E-state index in [4.69, 9.17) is 20.3 Å². The van der Waals surface area contributed by atoms with Crippen LogP contribution in [0.5, 0.6) is 11.5 Å². The Kier molecular flexibility index (Phi) is 4.90. The summed E-state index contributed by atoms with van der Waals surface area (Å²) in [5.41, 5.74) is 3.60. The number of rotatable bonds is 6. The van der Waals surface area contributed by atoms with Gasteiger partial charge in [-0.1, -0.05) is 20.3 Å². The standard InChI is InChI=1S/C22H24O3/c1-6-23-19-11-9-17-18-10-12-20(24-13-7-8-14(2)3)16(5)22(18)25-21(17)15(19)4/h1,9-12,14H,7-8,13H2,2-5H3. The molecule has 0 bridgehead atoms. The molecule has 0 atom stereocenters. The summed E-state index contributed by atoms with van der Waals surface area (Å²) >= 11 is 0. The molecule has 2 aromatic carbocycles. The van der Waals surface area contributed by atoms with E-state index < -0.39 is 0 Å². The number of aryl methyl sites for hydroxylation is 2. The quantitative estimate of drug-likeness (QED) is 0.409. The second-order valence-electron chi connectivity index (χ2n) is 6.84. The molecule has 0 radical (unpaired) electrons. The number of benzene rings is 2. The van der Waals surface area contributed by atoms with Crippen LogP contribution < -0.4 is 9.47 Å². The van der Waals surface area contributed by atoms with Gasteiger partial charge in [0.15, 0.2) is 0 Å². The van der Waals surface area contributed by atoms with Gasteiger partial charge >= 0.3 is 0 Å². The predicted octanol–water partition coefficient (Wildman–Crippen LogP) is 5.99. The molecule has 1 heterocycles. The van der Waals surface area contributed by atoms with Crippen molar-refractivity contribution in [2.75, 3.05) is 6.61 Å². The molecule has 0 amide bonds. The van der Waals surface area contributed by atoms with Crippen molar-refractivity contribution in [1.82, 2.24) is 0 Å². The van der Waals surface area contributed by atoms with Crippen molar-refractivity contribution in [2.45, 2.75) is 40.5 Å². The maximum Gasteiger partial charge on any atom is 0.146 e. The van der Waals surface area contributed by atoms with Crippen molar-refractivity contribution in [3.05, 3.63) is 35.4 Å². The molecule has 0 saturated carbocycles. The van der Waals surface area contributed by atoms with Crippen LogP contribution in [0.15, 0.2) is 28.7 Å². The van der Waals surface area contributed by atoms with Crippen LogP contribution in [-0.4, -0.2) is 6.61 Å². The summed E-state index contributed by atoms with van der Waals surface area (Å²) in [6.45, 7) is 9.18. The van der Waals surface area contributed by atoms with E-state index in [1.807, 2.05) is 32.0 Å². The summed E-state index contributed by atoms with van der Waals surface area (Å²) in [6.07, 6.45) is 9.69. The van der Waals surface area contributed by atoms with Crippen LogP contribution >= 0.6 is 0 Å². The zero-order chi connectivity index (χ0) is 18.0. The third-order valence-electron chi connectivity index (χ3n) is 4.56. The molecule has 0 aliphatic rings. The molecule has 0 aliphatic carbocycles. The van der Waals surface area contributed by atoms with Gasteiger partial charge in [-0.25, -0.2) is 0 Å². The Morgan fingerprint density at radius 2 is 1.60 bits per heavy atom. The van der Waals surface area contributed by atoms with Gasteiger partial charge in [0.1, 0.15) is 28.8 Å². The minimum Gasteiger partial charge on any atom is -0.493 e. The molecule has 0 unspecified atom stereocenters. The van der Waals surface area contributed by atoms with E-state index in [-0.39, 0.29) is 0 Å². The van der Waals surface area contributed by atoms with Gasteiger partial charge in [0, 0.05) is 21.9 Å². The zero-order valence-electron chi connectivity index (χ0n) is 15.3. The molecule has 0 aliphatic heterocycles. The number of hydrogen-bond acceptors (Lipinski definition) is 3. The monoisotopic (exact) mass is 336 g/mol. The molecule has 3 aromatic rings. The molecular formula is C22H24O3. The summed E-state index contributed by atoms with van der Waals surface area (Å²) in [4.78, 5) is 0. The average Bonchev–Trinajstić information content (AvgIpc) is 2.96. The molecule has 1 aromatic heterocycles. The fraction of sp³-hybridized carbons (Fsp3) is 0.364. The first-order valence-electron chi connectivity index (χ1n) is 8.73. The number of fused-ring (bicyclic) bond motifs is 3. The minimum absolute atomic E-state index is 0.650. The Balaban J connectivity index is 1.97. The minimum atomic E-state index is 0.650. The molecule has 0 fully saturated rings. The highest BCUT2D eigenvalue weighted by Crippen LogP contribution is 2.38. The van der Waals surface area contributed by atoms with Crippen LogP contribution in [0, 0.1) is 32.3 Å². The van der Waals surface area contributed by atoms with Gasteiger partial charge in [-0.2, -0.15) is 0 Å². The fourth-order valence-corrected chi connectivity index (χ4v) is 3.14. The topological polar surface area (TPSA) is 31.6 Å². The van der Waals surface area contributed by atoms with E-state index in [2.05, 4.69) is 26.0 Å². The van der Waals surface area contributed by atoms with Gasteiger partial charge in [-0.05, 0) is 56.9 Å². The van der Waals surface area contributed by atoms with E-state index in [1.165, 1.54) is 6.42 Å². The maximum absolute atomic E-state index is 6.16. The number of furan rings is 1. The molecule has 3 nitrogen and oxygen atoms in total. The highest BCUT2D eigenvalue weighted by atomic mass is 16.5. The average molecular weight is 336 g/mol. The van der Waals surface area contributed by atoms with Crippen molar-refractivity contribution in [1.29, 1.82) is 0 Å². The lowest BCUT2D eigenvalue weighted by molar-refractivity contribution is 0.296. The highest BCUT2D eigenvalue weighted by Gasteiger charge is 2.16. The first kappa shape index (κ1) is 17.2. The van der Waals surface area contributed by atoms with E-state index in [9.17, 15) is 0 Å². The van der Waals surface area contributed by atoms with Gasteiger partial charge in [-0.3, -0.25) is 0 Å². The molecule has 3 rings (SSSR count). The molecule has 3 heteroatoms. The van der Waals surface area contributed by atoms with Crippen LogP contribution in [0.25, 0.3) is 21.9 Å². The number of hydrogen-bond donors (Lipinski definition) is 0. The van der Waals surface area contributed by atoms with Crippen LogP contribution in [0.3, 0.4) is 0 Å². The fourth-order valence-electron chi connectivity index (χ4n) is 3.14. The van der Waals surface area contributed by atoms with E-state index in [0.29, 0.717) is 11.7 Å². The van der Waals surface area contributed by atoms with Crippen molar-refractivity contribution in [2.24, 2.45) is 5.92 Å². The lowest BCUT2D eigenvalue weighted by atomic mass is 10.1. The largest absolute Gasteiger partial charge is 0.493 e. The van der Waals surface area contributed by atoms with Crippen molar-refractivity contribution < 1.29 is 13.9 Å². The molecule has 130 valence electrons. The SMILES string of the molecule is C#COc1ccc2c(oc3c(C)c(OCCCC(C)C)ccc32)c1C. The highest BCUT2D eigenvalue weighted by molar-refractivity contribution is 6.07. The lowest BCUT2D eigenvalue weighted by Gasteiger charge is -2.10. The Hall–Kier alpha value is -2.60. The zero-order valence-corrected chi connectivity index (χ0v) is 15.3. The van der Waals surface area contributed by atoms with E-state index in [0.717, 1.165) is 51.8 Å². The Morgan fingerprint density at radius 1 is 1.00 bits per heavy atom. The van der Waals surface area contributed by atoms with Crippen LogP contribution in [0.2, 0.25) is 0 Å². The predicted molar refractivity (Wildman–Crippen MR) is 102 cm³/mol. The molecule has 0 saturated heterocycles. The summed E-state index contributed by atoms with van der Waals surface area (Å²) in [6, 6.07) is 7.97. The van der Waals surface area contributed by atoms with Crippen LogP contribution in [0.1, 0.15) is 37.8 Å². The maximum atomic E-state index is 6.16. The normalized spacial score (nSPS) is 11.2. The summed E-state index contributed by atoms with van der Waals surface area (Å²) in [5.74, 6) is 2.23. The van der Waals surface area contributed by atoms with E-state index in [1.54, 1.807) is 0 Å². The van der Waals surface area contributed by atoms with Crippen molar-refractivity contribution >= 4 is 21.9 Å². The van der Waals surface area contributed by atoms with E-state index >= 15 is 0 Å². The second-order valence-corrected chi connectivity index (χ2v) is 6.84. The number of terminal acetylenes is 1. The van der Waals surface area contributed by atoms with Crippen LogP contribution in [0.4, 0.5) is 0 Å². The lowest BCUT2D eigenvalue weighted by Crippen LogP contribution is -2.00. The Bertz CT molecular complexity index is 941. The third-order valence-corrected chi connectivity index (χ3v) is 4.56. The van der Waals surface area contributed by atoms with Crippen LogP contribution in [-0.2, 0) is 0 Å². The number of ether oxygens (including phenoxy) is 2. The Labute approximate surface area is 148 Å². The summed E-state index contributed by atoms with van der Waals surface area (Å²) < 4.78 is 17.4. The van der Waals surface area contributed by atoms with Gasteiger partial charge in [-0.15, -0.1) is 0 Å². The molecule has 0 spiro atoms. The third kappa shape index (κ3) is 3.30. The van der Waals surface area contributed by atoms with Gasteiger partial charge in [0.05, 0.1) is 6.61 Å². The second kappa shape index (κ2) is 7.11. The first-order chi connectivity index (χ1) is 12.0. The van der Waals surface area contributed by atoms with Crippen molar-refractivity contribution in [3.63, 3.8) is 0 Å². The molecule has 0 N–H and O–H groups in total. The van der Waals surface area contributed by atoms with Gasteiger partial charge in [0.2, 0.25) is 0 Å².